The molecule has 0 spiro atoms. The van der Waals surface area contributed by atoms with Gasteiger partial charge in [0.1, 0.15) is 11.6 Å². The van der Waals surface area contributed by atoms with Gasteiger partial charge in [0.05, 0.1) is 12.8 Å². The van der Waals surface area contributed by atoms with E-state index in [1.165, 1.54) is 0 Å². The molecule has 16 heavy (non-hydrogen) atoms. The second kappa shape index (κ2) is 4.17. The maximum Gasteiger partial charge on any atom is 0.128 e. The van der Waals surface area contributed by atoms with Gasteiger partial charge in [-0.15, -0.1) is 0 Å². The predicted octanol–water partition coefficient (Wildman–Crippen LogP) is 2.44. The molecule has 0 aliphatic heterocycles. The minimum atomic E-state index is 0.622. The lowest BCUT2D eigenvalue weighted by Gasteiger charge is -2.06. The summed E-state index contributed by atoms with van der Waals surface area (Å²) < 4.78 is 7.91. The Kier molecular flexibility index (Phi) is 2.87. The molecule has 4 nitrogen and oxygen atoms in total. The minimum absolute atomic E-state index is 0.622. The summed E-state index contributed by atoms with van der Waals surface area (Å²) in [7, 11) is 3.45. The molecule has 0 amide bonds. The van der Waals surface area contributed by atoms with Gasteiger partial charge in [0.25, 0.3) is 0 Å². The van der Waals surface area contributed by atoms with E-state index in [9.17, 15) is 0 Å². The van der Waals surface area contributed by atoms with Gasteiger partial charge >= 0.3 is 0 Å². The number of ether oxygens (including phenoxy) is 1. The Morgan fingerprint density at radius 3 is 2.69 bits per heavy atom. The van der Waals surface area contributed by atoms with Gasteiger partial charge in [-0.1, -0.05) is 15.9 Å². The van der Waals surface area contributed by atoms with Gasteiger partial charge < -0.3 is 10.5 Å². The lowest BCUT2D eigenvalue weighted by atomic mass is 10.1. The summed E-state index contributed by atoms with van der Waals surface area (Å²) in [5.74, 6) is 1.40. The Labute approximate surface area is 102 Å². The first kappa shape index (κ1) is 11.0. The van der Waals surface area contributed by atoms with E-state index in [1.54, 1.807) is 11.8 Å². The maximum absolute atomic E-state index is 5.76. The summed E-state index contributed by atoms with van der Waals surface area (Å²) in [6.07, 6.45) is 0. The van der Waals surface area contributed by atoms with Gasteiger partial charge in [0.15, 0.2) is 0 Å². The van der Waals surface area contributed by atoms with Crippen molar-refractivity contribution >= 4 is 21.7 Å². The molecule has 2 N–H and O–H groups in total. The monoisotopic (exact) mass is 281 g/mol. The summed E-state index contributed by atoms with van der Waals surface area (Å²) in [5.41, 5.74) is 7.48. The third-order valence-electron chi connectivity index (χ3n) is 2.35. The van der Waals surface area contributed by atoms with Crippen LogP contribution in [0.3, 0.4) is 0 Å². The van der Waals surface area contributed by atoms with Gasteiger partial charge in [-0.2, -0.15) is 5.10 Å². The molecule has 0 bridgehead atoms. The molecular formula is C11H12BrN3O. The number of nitrogen functional groups attached to an aromatic ring is 1. The average Bonchev–Trinajstić information content (AvgIpc) is 2.59. The highest BCUT2D eigenvalue weighted by Crippen LogP contribution is 2.32. The van der Waals surface area contributed by atoms with E-state index in [-0.39, 0.29) is 0 Å². The molecule has 0 saturated heterocycles. The fourth-order valence-corrected chi connectivity index (χ4v) is 1.85. The van der Waals surface area contributed by atoms with Crippen LogP contribution in [0.15, 0.2) is 28.7 Å². The van der Waals surface area contributed by atoms with E-state index in [0.29, 0.717) is 5.82 Å². The van der Waals surface area contributed by atoms with Crippen LogP contribution >= 0.6 is 15.9 Å². The number of nitrogens with zero attached hydrogens (tertiary/aromatic N) is 2. The van der Waals surface area contributed by atoms with E-state index < -0.39 is 0 Å². The summed E-state index contributed by atoms with van der Waals surface area (Å²) in [4.78, 5) is 0. The van der Waals surface area contributed by atoms with Crippen LogP contribution in [-0.2, 0) is 7.05 Å². The molecule has 1 aromatic carbocycles. The van der Waals surface area contributed by atoms with Crippen LogP contribution in [0.5, 0.6) is 5.75 Å². The Bertz CT molecular complexity index is 502. The first-order chi connectivity index (χ1) is 7.61. The molecule has 1 aromatic heterocycles. The number of hydrogen-bond acceptors (Lipinski definition) is 3. The zero-order valence-corrected chi connectivity index (χ0v) is 10.7. The maximum atomic E-state index is 5.76. The van der Waals surface area contributed by atoms with Crippen molar-refractivity contribution in [3.8, 4) is 17.0 Å². The number of rotatable bonds is 2. The SMILES string of the molecule is COc1ccc(Br)cc1-c1cc(N)n(C)n1. The van der Waals surface area contributed by atoms with Crippen molar-refractivity contribution < 1.29 is 4.74 Å². The van der Waals surface area contributed by atoms with Crippen LogP contribution in [0, 0.1) is 0 Å². The Hall–Kier alpha value is -1.49. The number of nitrogens with two attached hydrogens (primary N) is 1. The largest absolute Gasteiger partial charge is 0.496 e. The highest BCUT2D eigenvalue weighted by Gasteiger charge is 2.10. The van der Waals surface area contributed by atoms with Crippen LogP contribution in [0.4, 0.5) is 5.82 Å². The second-order valence-electron chi connectivity index (χ2n) is 3.42. The van der Waals surface area contributed by atoms with Crippen molar-refractivity contribution in [2.45, 2.75) is 0 Å². The molecule has 5 heteroatoms. The summed E-state index contributed by atoms with van der Waals surface area (Å²) >= 11 is 3.43. The molecule has 0 unspecified atom stereocenters. The zero-order chi connectivity index (χ0) is 11.7. The molecule has 2 aromatic rings. The summed E-state index contributed by atoms with van der Waals surface area (Å²) in [6.45, 7) is 0. The van der Waals surface area contributed by atoms with Gasteiger partial charge in [-0.05, 0) is 18.2 Å². The first-order valence-electron chi connectivity index (χ1n) is 4.75. The number of anilines is 1. The average molecular weight is 282 g/mol. The molecule has 84 valence electrons. The molecule has 0 aliphatic carbocycles. The minimum Gasteiger partial charge on any atom is -0.496 e. The van der Waals surface area contributed by atoms with Crippen molar-refractivity contribution in [3.05, 3.63) is 28.7 Å². The molecule has 0 aliphatic rings. The quantitative estimate of drug-likeness (QED) is 0.920. The predicted molar refractivity (Wildman–Crippen MR) is 67.3 cm³/mol. The van der Waals surface area contributed by atoms with Crippen LogP contribution in [0.25, 0.3) is 11.3 Å². The van der Waals surface area contributed by atoms with Crippen LogP contribution in [-0.4, -0.2) is 16.9 Å². The van der Waals surface area contributed by atoms with Gasteiger partial charge in [0.2, 0.25) is 0 Å². The molecule has 2 rings (SSSR count). The van der Waals surface area contributed by atoms with Crippen molar-refractivity contribution in [1.29, 1.82) is 0 Å². The Morgan fingerprint density at radius 2 is 2.12 bits per heavy atom. The number of benzene rings is 1. The van der Waals surface area contributed by atoms with Crippen LogP contribution in [0.2, 0.25) is 0 Å². The highest BCUT2D eigenvalue weighted by atomic mass is 79.9. The van der Waals surface area contributed by atoms with E-state index in [2.05, 4.69) is 21.0 Å². The van der Waals surface area contributed by atoms with Gasteiger partial charge in [-0.25, -0.2) is 0 Å². The van der Waals surface area contributed by atoms with Crippen molar-refractivity contribution in [3.63, 3.8) is 0 Å². The Morgan fingerprint density at radius 1 is 1.38 bits per heavy atom. The Balaban J connectivity index is 2.57. The molecule has 0 fully saturated rings. The van der Waals surface area contributed by atoms with Gasteiger partial charge in [-0.3, -0.25) is 4.68 Å². The summed E-state index contributed by atoms with van der Waals surface area (Å²) in [6, 6.07) is 7.60. The highest BCUT2D eigenvalue weighted by molar-refractivity contribution is 9.10. The van der Waals surface area contributed by atoms with Crippen molar-refractivity contribution in [2.75, 3.05) is 12.8 Å². The standard InChI is InChI=1S/C11H12BrN3O/c1-15-11(13)6-9(14-15)8-5-7(12)3-4-10(8)16-2/h3-6H,13H2,1-2H3. The fourth-order valence-electron chi connectivity index (χ4n) is 1.49. The molecular weight excluding hydrogens is 270 g/mol. The van der Waals surface area contributed by atoms with E-state index >= 15 is 0 Å². The fraction of sp³-hybridized carbons (Fsp3) is 0.182. The third kappa shape index (κ3) is 1.90. The van der Waals surface area contributed by atoms with Gasteiger partial charge in [0, 0.05) is 23.2 Å². The second-order valence-corrected chi connectivity index (χ2v) is 4.34. The number of aromatic nitrogens is 2. The lowest BCUT2D eigenvalue weighted by Crippen LogP contribution is -1.96. The first-order valence-corrected chi connectivity index (χ1v) is 5.54. The number of hydrogen-bond donors (Lipinski definition) is 1. The zero-order valence-electron chi connectivity index (χ0n) is 9.07. The lowest BCUT2D eigenvalue weighted by molar-refractivity contribution is 0.416. The smallest absolute Gasteiger partial charge is 0.128 e. The molecule has 1 heterocycles. The number of halogens is 1. The van der Waals surface area contributed by atoms with Crippen molar-refractivity contribution in [1.82, 2.24) is 9.78 Å². The molecule has 0 saturated carbocycles. The normalized spacial score (nSPS) is 10.4. The number of aryl methyl sites for hydroxylation is 1. The number of methoxy groups -OCH3 is 1. The molecule has 0 radical (unpaired) electrons. The summed E-state index contributed by atoms with van der Waals surface area (Å²) in [5, 5.41) is 4.32. The van der Waals surface area contributed by atoms with Crippen molar-refractivity contribution in [2.24, 2.45) is 7.05 Å². The van der Waals surface area contributed by atoms with E-state index in [4.69, 9.17) is 10.5 Å². The van der Waals surface area contributed by atoms with Crippen LogP contribution < -0.4 is 10.5 Å². The molecule has 0 atom stereocenters. The topological polar surface area (TPSA) is 53.1 Å². The van der Waals surface area contributed by atoms with Crippen LogP contribution in [0.1, 0.15) is 0 Å². The van der Waals surface area contributed by atoms with E-state index in [1.807, 2.05) is 31.3 Å². The third-order valence-corrected chi connectivity index (χ3v) is 2.85. The van der Waals surface area contributed by atoms with E-state index in [0.717, 1.165) is 21.5 Å².